The Labute approximate surface area is 103 Å². The highest BCUT2D eigenvalue weighted by Crippen LogP contribution is 2.30. The molecule has 3 heteroatoms. The molecule has 2 atom stereocenters. The first-order valence-electron chi connectivity index (χ1n) is 6.43. The van der Waals surface area contributed by atoms with E-state index in [1.807, 2.05) is 12.1 Å². The highest BCUT2D eigenvalue weighted by molar-refractivity contribution is 5.70. The molecule has 0 saturated heterocycles. The maximum absolute atomic E-state index is 9.23. The molecule has 0 amide bonds. The summed E-state index contributed by atoms with van der Waals surface area (Å²) in [7, 11) is 0. The van der Waals surface area contributed by atoms with Crippen LogP contribution in [0.2, 0.25) is 0 Å². The van der Waals surface area contributed by atoms with Crippen LogP contribution in [0.4, 0.5) is 11.4 Å². The first-order chi connectivity index (χ1) is 8.20. The third kappa shape index (κ3) is 2.91. The van der Waals surface area contributed by atoms with Gasteiger partial charge in [-0.15, -0.1) is 0 Å². The summed E-state index contributed by atoms with van der Waals surface area (Å²) in [4.78, 5) is 0. The molecule has 0 heterocycles. The third-order valence-corrected chi connectivity index (χ3v) is 3.69. The molecule has 1 aliphatic carbocycles. The van der Waals surface area contributed by atoms with Crippen molar-refractivity contribution in [2.45, 2.75) is 38.6 Å². The van der Waals surface area contributed by atoms with Gasteiger partial charge in [0.1, 0.15) is 0 Å². The summed E-state index contributed by atoms with van der Waals surface area (Å²) in [6.07, 6.45) is 4.56. The van der Waals surface area contributed by atoms with E-state index in [1.54, 1.807) is 0 Å². The van der Waals surface area contributed by atoms with E-state index in [-0.39, 0.29) is 0 Å². The molecule has 0 aromatic heterocycles. The van der Waals surface area contributed by atoms with E-state index >= 15 is 0 Å². The van der Waals surface area contributed by atoms with Crippen LogP contribution in [0.15, 0.2) is 18.2 Å². The van der Waals surface area contributed by atoms with E-state index in [9.17, 15) is 5.11 Å². The molecule has 94 valence electrons. The van der Waals surface area contributed by atoms with Gasteiger partial charge >= 0.3 is 0 Å². The third-order valence-electron chi connectivity index (χ3n) is 3.69. The standard InChI is InChI=1S/C14H22N2O/c1-10-4-2-7-13(15)14(10)16-12-6-3-5-11(8-12)9-17/h2,4,7,11-12,16-17H,3,5-6,8-9,15H2,1H3. The second-order valence-corrected chi connectivity index (χ2v) is 5.10. The molecular formula is C14H22N2O. The van der Waals surface area contributed by atoms with E-state index in [1.165, 1.54) is 18.4 Å². The summed E-state index contributed by atoms with van der Waals surface area (Å²) in [5.74, 6) is 0.450. The minimum absolute atomic E-state index is 0.307. The van der Waals surface area contributed by atoms with Crippen molar-refractivity contribution < 1.29 is 5.11 Å². The number of aryl methyl sites for hydroxylation is 1. The van der Waals surface area contributed by atoms with Crippen LogP contribution in [0.5, 0.6) is 0 Å². The van der Waals surface area contributed by atoms with Crippen molar-refractivity contribution in [1.29, 1.82) is 0 Å². The highest BCUT2D eigenvalue weighted by Gasteiger charge is 2.21. The summed E-state index contributed by atoms with van der Waals surface area (Å²) in [6.45, 7) is 2.38. The van der Waals surface area contributed by atoms with Crippen molar-refractivity contribution in [3.05, 3.63) is 23.8 Å². The van der Waals surface area contributed by atoms with Crippen LogP contribution in [0.1, 0.15) is 31.2 Å². The topological polar surface area (TPSA) is 58.3 Å². The predicted molar refractivity (Wildman–Crippen MR) is 72.0 cm³/mol. The number of hydrogen-bond acceptors (Lipinski definition) is 3. The SMILES string of the molecule is Cc1cccc(N)c1NC1CCCC(CO)C1. The number of para-hydroxylation sites is 1. The quantitative estimate of drug-likeness (QED) is 0.704. The molecule has 1 fully saturated rings. The molecule has 0 radical (unpaired) electrons. The zero-order chi connectivity index (χ0) is 12.3. The first kappa shape index (κ1) is 12.2. The second kappa shape index (κ2) is 5.41. The number of nitrogens with one attached hydrogen (secondary N) is 1. The van der Waals surface area contributed by atoms with E-state index in [0.717, 1.165) is 24.2 Å². The Hall–Kier alpha value is -1.22. The number of nitrogen functional groups attached to an aromatic ring is 1. The molecule has 1 saturated carbocycles. The van der Waals surface area contributed by atoms with Crippen molar-refractivity contribution in [1.82, 2.24) is 0 Å². The highest BCUT2D eigenvalue weighted by atomic mass is 16.3. The molecule has 3 nitrogen and oxygen atoms in total. The van der Waals surface area contributed by atoms with Gasteiger partial charge in [0.2, 0.25) is 0 Å². The van der Waals surface area contributed by atoms with Gasteiger partial charge in [-0.1, -0.05) is 18.6 Å². The lowest BCUT2D eigenvalue weighted by Gasteiger charge is -2.30. The number of rotatable bonds is 3. The number of aliphatic hydroxyl groups is 1. The molecule has 1 aromatic carbocycles. The lowest BCUT2D eigenvalue weighted by atomic mass is 9.86. The number of benzene rings is 1. The van der Waals surface area contributed by atoms with Crippen molar-refractivity contribution in [2.24, 2.45) is 5.92 Å². The van der Waals surface area contributed by atoms with Crippen molar-refractivity contribution in [3.8, 4) is 0 Å². The van der Waals surface area contributed by atoms with E-state index in [2.05, 4.69) is 18.3 Å². The summed E-state index contributed by atoms with van der Waals surface area (Å²) in [5, 5.41) is 12.8. The first-order valence-corrected chi connectivity index (χ1v) is 6.43. The zero-order valence-corrected chi connectivity index (χ0v) is 10.4. The molecule has 0 aliphatic heterocycles. The Morgan fingerprint density at radius 1 is 1.41 bits per heavy atom. The van der Waals surface area contributed by atoms with Crippen molar-refractivity contribution >= 4 is 11.4 Å². The number of aliphatic hydroxyl groups excluding tert-OH is 1. The van der Waals surface area contributed by atoms with E-state index in [0.29, 0.717) is 18.6 Å². The normalized spacial score (nSPS) is 24.6. The number of anilines is 2. The molecule has 0 bridgehead atoms. The van der Waals surface area contributed by atoms with Gasteiger partial charge in [-0.2, -0.15) is 0 Å². The predicted octanol–water partition coefficient (Wildman–Crippen LogP) is 2.54. The van der Waals surface area contributed by atoms with Crippen LogP contribution in [-0.4, -0.2) is 17.8 Å². The largest absolute Gasteiger partial charge is 0.397 e. The van der Waals surface area contributed by atoms with Gasteiger partial charge in [0.05, 0.1) is 11.4 Å². The van der Waals surface area contributed by atoms with Gasteiger partial charge in [0.25, 0.3) is 0 Å². The molecule has 0 spiro atoms. The minimum Gasteiger partial charge on any atom is -0.397 e. The molecule has 4 N–H and O–H groups in total. The average molecular weight is 234 g/mol. The van der Waals surface area contributed by atoms with Gasteiger partial charge in [-0.25, -0.2) is 0 Å². The fraction of sp³-hybridized carbons (Fsp3) is 0.571. The fourth-order valence-electron chi connectivity index (χ4n) is 2.68. The minimum atomic E-state index is 0.307. The Morgan fingerprint density at radius 3 is 2.94 bits per heavy atom. The lowest BCUT2D eigenvalue weighted by molar-refractivity contribution is 0.184. The fourth-order valence-corrected chi connectivity index (χ4v) is 2.68. The monoisotopic (exact) mass is 234 g/mol. The summed E-state index contributed by atoms with van der Waals surface area (Å²) in [5.41, 5.74) is 9.07. The molecular weight excluding hydrogens is 212 g/mol. The van der Waals surface area contributed by atoms with Gasteiger partial charge in [0.15, 0.2) is 0 Å². The molecule has 1 aliphatic rings. The average Bonchev–Trinajstić information content (AvgIpc) is 2.34. The van der Waals surface area contributed by atoms with Crippen molar-refractivity contribution in [2.75, 3.05) is 17.7 Å². The maximum atomic E-state index is 9.23. The van der Waals surface area contributed by atoms with Crippen LogP contribution in [0, 0.1) is 12.8 Å². The smallest absolute Gasteiger partial charge is 0.0605 e. The Kier molecular flexibility index (Phi) is 3.89. The Balaban J connectivity index is 2.05. The van der Waals surface area contributed by atoms with Crippen LogP contribution < -0.4 is 11.1 Å². The van der Waals surface area contributed by atoms with Crippen LogP contribution in [0.3, 0.4) is 0 Å². The number of hydrogen-bond donors (Lipinski definition) is 3. The van der Waals surface area contributed by atoms with Gasteiger partial charge in [-0.05, 0) is 43.7 Å². The molecule has 2 rings (SSSR count). The van der Waals surface area contributed by atoms with Gasteiger partial charge in [-0.3, -0.25) is 0 Å². The molecule has 2 unspecified atom stereocenters. The zero-order valence-electron chi connectivity index (χ0n) is 10.4. The Morgan fingerprint density at radius 2 is 2.24 bits per heavy atom. The lowest BCUT2D eigenvalue weighted by Crippen LogP contribution is -2.29. The second-order valence-electron chi connectivity index (χ2n) is 5.10. The van der Waals surface area contributed by atoms with Gasteiger partial charge in [0, 0.05) is 12.6 Å². The van der Waals surface area contributed by atoms with Crippen LogP contribution in [0.25, 0.3) is 0 Å². The van der Waals surface area contributed by atoms with E-state index in [4.69, 9.17) is 5.73 Å². The summed E-state index contributed by atoms with van der Waals surface area (Å²) < 4.78 is 0. The Bertz CT molecular complexity index is 358. The van der Waals surface area contributed by atoms with Crippen LogP contribution in [-0.2, 0) is 0 Å². The molecule has 17 heavy (non-hydrogen) atoms. The molecule has 1 aromatic rings. The summed E-state index contributed by atoms with van der Waals surface area (Å²) >= 11 is 0. The van der Waals surface area contributed by atoms with E-state index < -0.39 is 0 Å². The number of nitrogens with two attached hydrogens (primary N) is 1. The van der Waals surface area contributed by atoms with Gasteiger partial charge < -0.3 is 16.2 Å². The summed E-state index contributed by atoms with van der Waals surface area (Å²) in [6, 6.07) is 6.43. The van der Waals surface area contributed by atoms with Crippen molar-refractivity contribution in [3.63, 3.8) is 0 Å². The maximum Gasteiger partial charge on any atom is 0.0605 e. The van der Waals surface area contributed by atoms with Crippen LogP contribution >= 0.6 is 0 Å².